The van der Waals surface area contributed by atoms with E-state index in [2.05, 4.69) is 0 Å². The predicted octanol–water partition coefficient (Wildman–Crippen LogP) is 2.34. The average molecular weight is 231 g/mol. The molecule has 0 aromatic heterocycles. The standard InChI is InChI=1S/C13H10FNO2/c14-11-6-2-5-10(12(11)15)13(17)8-3-1-4-9(16)7-8/h1-7,16H,15H2. The highest BCUT2D eigenvalue weighted by Gasteiger charge is 2.14. The highest BCUT2D eigenvalue weighted by molar-refractivity contribution is 6.12. The van der Waals surface area contributed by atoms with Crippen LogP contribution in [0.3, 0.4) is 0 Å². The third-order valence-electron chi connectivity index (χ3n) is 2.41. The molecule has 0 aliphatic carbocycles. The number of hydrogen-bond acceptors (Lipinski definition) is 3. The van der Waals surface area contributed by atoms with Crippen molar-refractivity contribution in [1.29, 1.82) is 0 Å². The van der Waals surface area contributed by atoms with E-state index in [9.17, 15) is 14.3 Å². The Kier molecular flexibility index (Phi) is 2.78. The summed E-state index contributed by atoms with van der Waals surface area (Å²) in [4.78, 5) is 12.0. The van der Waals surface area contributed by atoms with Gasteiger partial charge in [0.05, 0.1) is 5.69 Å². The van der Waals surface area contributed by atoms with E-state index < -0.39 is 11.6 Å². The predicted molar refractivity (Wildman–Crippen MR) is 62.4 cm³/mol. The maximum atomic E-state index is 13.2. The summed E-state index contributed by atoms with van der Waals surface area (Å²) in [6.45, 7) is 0. The molecule has 0 spiro atoms. The van der Waals surface area contributed by atoms with Crippen molar-refractivity contribution in [3.63, 3.8) is 0 Å². The number of phenolic OH excluding ortho intramolecular Hbond substituents is 1. The highest BCUT2D eigenvalue weighted by Crippen LogP contribution is 2.21. The monoisotopic (exact) mass is 231 g/mol. The van der Waals surface area contributed by atoms with Gasteiger partial charge in [0.25, 0.3) is 0 Å². The van der Waals surface area contributed by atoms with Crippen LogP contribution in [0, 0.1) is 5.82 Å². The third kappa shape index (κ3) is 2.10. The molecule has 0 saturated heterocycles. The second-order valence-electron chi connectivity index (χ2n) is 3.58. The Morgan fingerprint density at radius 2 is 1.88 bits per heavy atom. The van der Waals surface area contributed by atoms with Crippen LogP contribution in [0.15, 0.2) is 42.5 Å². The zero-order valence-electron chi connectivity index (χ0n) is 8.85. The number of nitrogen functional groups attached to an aromatic ring is 1. The van der Waals surface area contributed by atoms with Crippen molar-refractivity contribution in [1.82, 2.24) is 0 Å². The minimum atomic E-state index is -0.629. The molecule has 0 unspecified atom stereocenters. The molecule has 17 heavy (non-hydrogen) atoms. The second kappa shape index (κ2) is 4.25. The first-order chi connectivity index (χ1) is 8.09. The molecular weight excluding hydrogens is 221 g/mol. The zero-order valence-corrected chi connectivity index (χ0v) is 8.85. The van der Waals surface area contributed by atoms with Gasteiger partial charge < -0.3 is 10.8 Å². The van der Waals surface area contributed by atoms with Crippen LogP contribution in [0.1, 0.15) is 15.9 Å². The number of rotatable bonds is 2. The van der Waals surface area contributed by atoms with E-state index in [1.54, 1.807) is 0 Å². The largest absolute Gasteiger partial charge is 0.508 e. The van der Waals surface area contributed by atoms with Gasteiger partial charge in [-0.15, -0.1) is 0 Å². The number of phenols is 1. The van der Waals surface area contributed by atoms with Gasteiger partial charge >= 0.3 is 0 Å². The van der Waals surface area contributed by atoms with Crippen LogP contribution in [0.2, 0.25) is 0 Å². The minimum Gasteiger partial charge on any atom is -0.508 e. The Bertz CT molecular complexity index is 581. The fourth-order valence-corrected chi connectivity index (χ4v) is 1.54. The highest BCUT2D eigenvalue weighted by atomic mass is 19.1. The van der Waals surface area contributed by atoms with Crippen LogP contribution >= 0.6 is 0 Å². The molecule has 0 aliphatic rings. The maximum absolute atomic E-state index is 13.2. The van der Waals surface area contributed by atoms with Gasteiger partial charge in [-0.2, -0.15) is 0 Å². The van der Waals surface area contributed by atoms with Crippen molar-refractivity contribution >= 4 is 11.5 Å². The van der Waals surface area contributed by atoms with Gasteiger partial charge in [0, 0.05) is 11.1 Å². The molecular formula is C13H10FNO2. The normalized spacial score (nSPS) is 10.2. The molecule has 0 bridgehead atoms. The van der Waals surface area contributed by atoms with E-state index in [4.69, 9.17) is 5.73 Å². The Labute approximate surface area is 97.3 Å². The Balaban J connectivity index is 2.48. The van der Waals surface area contributed by atoms with Gasteiger partial charge in [-0.25, -0.2) is 4.39 Å². The molecule has 2 rings (SSSR count). The van der Waals surface area contributed by atoms with Gasteiger partial charge in [-0.1, -0.05) is 18.2 Å². The number of ketones is 1. The second-order valence-corrected chi connectivity index (χ2v) is 3.58. The lowest BCUT2D eigenvalue weighted by Gasteiger charge is -2.05. The Hall–Kier alpha value is -2.36. The summed E-state index contributed by atoms with van der Waals surface area (Å²) in [7, 11) is 0. The molecule has 0 amide bonds. The van der Waals surface area contributed by atoms with Gasteiger partial charge in [-0.05, 0) is 24.3 Å². The van der Waals surface area contributed by atoms with E-state index in [0.29, 0.717) is 0 Å². The molecule has 3 nitrogen and oxygen atoms in total. The molecule has 4 heteroatoms. The van der Waals surface area contributed by atoms with E-state index in [1.165, 1.54) is 42.5 Å². The van der Waals surface area contributed by atoms with Crippen LogP contribution < -0.4 is 5.73 Å². The van der Waals surface area contributed by atoms with E-state index in [0.717, 1.165) is 0 Å². The lowest BCUT2D eigenvalue weighted by atomic mass is 10.0. The summed E-state index contributed by atoms with van der Waals surface area (Å²) in [5.74, 6) is -1.07. The summed E-state index contributed by atoms with van der Waals surface area (Å²) in [6, 6.07) is 9.89. The first-order valence-electron chi connectivity index (χ1n) is 4.97. The molecule has 2 aromatic carbocycles. The van der Waals surface area contributed by atoms with Crippen LogP contribution in [0.4, 0.5) is 10.1 Å². The first-order valence-corrected chi connectivity index (χ1v) is 4.97. The molecule has 0 aliphatic heterocycles. The molecule has 2 aromatic rings. The number of hydrogen-bond donors (Lipinski definition) is 2. The topological polar surface area (TPSA) is 63.3 Å². The summed E-state index contributed by atoms with van der Waals surface area (Å²) in [5, 5.41) is 9.28. The number of nitrogens with two attached hydrogens (primary N) is 1. The van der Waals surface area contributed by atoms with E-state index >= 15 is 0 Å². The molecule has 0 saturated carbocycles. The summed E-state index contributed by atoms with van der Waals surface area (Å²) >= 11 is 0. The van der Waals surface area contributed by atoms with Crippen molar-refractivity contribution in [3.05, 3.63) is 59.4 Å². The molecule has 0 atom stereocenters. The van der Waals surface area contributed by atoms with Gasteiger partial charge in [0.2, 0.25) is 0 Å². The maximum Gasteiger partial charge on any atom is 0.195 e. The van der Waals surface area contributed by atoms with Crippen LogP contribution in [-0.4, -0.2) is 10.9 Å². The number of para-hydroxylation sites is 1. The van der Waals surface area contributed by atoms with Crippen molar-refractivity contribution in [2.45, 2.75) is 0 Å². The molecule has 3 N–H and O–H groups in total. The lowest BCUT2D eigenvalue weighted by molar-refractivity contribution is 0.103. The summed E-state index contributed by atoms with van der Waals surface area (Å²) in [6.07, 6.45) is 0. The van der Waals surface area contributed by atoms with Gasteiger partial charge in [0.1, 0.15) is 11.6 Å². The molecule has 0 radical (unpaired) electrons. The Morgan fingerprint density at radius 1 is 1.18 bits per heavy atom. The summed E-state index contributed by atoms with van der Waals surface area (Å²) in [5.41, 5.74) is 5.68. The van der Waals surface area contributed by atoms with Crippen LogP contribution in [-0.2, 0) is 0 Å². The van der Waals surface area contributed by atoms with E-state index in [1.807, 2.05) is 0 Å². The SMILES string of the molecule is Nc1c(F)cccc1C(=O)c1cccc(O)c1. The Morgan fingerprint density at radius 3 is 2.59 bits per heavy atom. The number of carbonyl (C=O) groups is 1. The third-order valence-corrected chi connectivity index (χ3v) is 2.41. The number of benzene rings is 2. The van der Waals surface area contributed by atoms with Crippen molar-refractivity contribution < 1.29 is 14.3 Å². The van der Waals surface area contributed by atoms with Crippen LogP contribution in [0.5, 0.6) is 5.75 Å². The number of carbonyl (C=O) groups excluding carboxylic acids is 1. The number of halogens is 1. The van der Waals surface area contributed by atoms with Gasteiger partial charge in [-0.3, -0.25) is 4.79 Å². The van der Waals surface area contributed by atoms with Crippen molar-refractivity contribution in [3.8, 4) is 5.75 Å². The quantitative estimate of drug-likeness (QED) is 0.616. The minimum absolute atomic E-state index is 0.0224. The molecule has 86 valence electrons. The zero-order chi connectivity index (χ0) is 12.4. The first kappa shape index (κ1) is 11.1. The lowest BCUT2D eigenvalue weighted by Crippen LogP contribution is -2.06. The van der Waals surface area contributed by atoms with E-state index in [-0.39, 0.29) is 22.6 Å². The fourth-order valence-electron chi connectivity index (χ4n) is 1.54. The number of anilines is 1. The average Bonchev–Trinajstić information content (AvgIpc) is 2.32. The van der Waals surface area contributed by atoms with Gasteiger partial charge in [0.15, 0.2) is 5.78 Å². The fraction of sp³-hybridized carbons (Fsp3) is 0. The van der Waals surface area contributed by atoms with Crippen molar-refractivity contribution in [2.24, 2.45) is 0 Å². The smallest absolute Gasteiger partial charge is 0.195 e. The van der Waals surface area contributed by atoms with Crippen molar-refractivity contribution in [2.75, 3.05) is 5.73 Å². The molecule has 0 fully saturated rings. The molecule has 0 heterocycles. The summed E-state index contributed by atoms with van der Waals surface area (Å²) < 4.78 is 13.2. The van der Waals surface area contributed by atoms with Crippen LogP contribution in [0.25, 0.3) is 0 Å². The number of aromatic hydroxyl groups is 1.